The van der Waals surface area contributed by atoms with Gasteiger partial charge in [0.2, 0.25) is 11.2 Å². The molecule has 10 heteroatoms. The maximum atomic E-state index is 13.5. The van der Waals surface area contributed by atoms with Crippen LogP contribution in [0.1, 0.15) is 11.7 Å². The van der Waals surface area contributed by atoms with Crippen molar-refractivity contribution in [1.29, 1.82) is 0 Å². The van der Waals surface area contributed by atoms with Crippen LogP contribution in [0.4, 0.5) is 0 Å². The van der Waals surface area contributed by atoms with Gasteiger partial charge in [-0.1, -0.05) is 6.07 Å². The van der Waals surface area contributed by atoms with Gasteiger partial charge in [-0.3, -0.25) is 4.79 Å². The monoisotopic (exact) mass is 550 g/mol. The molecule has 0 N–H and O–H groups in total. The van der Waals surface area contributed by atoms with Crippen molar-refractivity contribution in [2.45, 2.75) is 12.2 Å². The van der Waals surface area contributed by atoms with Crippen LogP contribution in [0.3, 0.4) is 0 Å². The summed E-state index contributed by atoms with van der Waals surface area (Å²) in [5.41, 5.74) is 1.27. The van der Waals surface area contributed by atoms with Gasteiger partial charge in [-0.25, -0.2) is 0 Å². The molecule has 5 rings (SSSR count). The van der Waals surface area contributed by atoms with Crippen LogP contribution in [0.25, 0.3) is 22.3 Å². The molecule has 210 valence electrons. The first kappa shape index (κ1) is 27.0. The lowest BCUT2D eigenvalue weighted by atomic mass is 10.0. The molecule has 3 aromatic carbocycles. The molecular weight excluding hydrogens is 520 g/mol. The molecule has 0 saturated carbocycles. The van der Waals surface area contributed by atoms with Crippen molar-refractivity contribution in [3.8, 4) is 51.6 Å². The summed E-state index contributed by atoms with van der Waals surface area (Å²) in [5, 5.41) is 0.248. The Balaban J connectivity index is 1.61. The Morgan fingerprint density at radius 1 is 0.725 bits per heavy atom. The van der Waals surface area contributed by atoms with Crippen LogP contribution in [0.2, 0.25) is 0 Å². The molecule has 1 aliphatic rings. The lowest BCUT2D eigenvalue weighted by Crippen LogP contribution is -2.36. The zero-order chi connectivity index (χ0) is 28.4. The minimum absolute atomic E-state index is 0.0290. The number of fused-ring (bicyclic) bond motifs is 2. The maximum absolute atomic E-state index is 13.5. The Bertz CT molecular complexity index is 1590. The second-order valence-corrected chi connectivity index (χ2v) is 8.92. The summed E-state index contributed by atoms with van der Waals surface area (Å²) in [4.78, 5) is 13.5. The molecule has 0 bridgehead atoms. The average Bonchev–Trinajstić information content (AvgIpc) is 2.99. The molecule has 10 nitrogen and oxygen atoms in total. The predicted molar refractivity (Wildman–Crippen MR) is 147 cm³/mol. The van der Waals surface area contributed by atoms with E-state index < -0.39 is 12.2 Å². The van der Waals surface area contributed by atoms with Gasteiger partial charge in [-0.05, 0) is 30.3 Å². The second-order valence-electron chi connectivity index (χ2n) is 8.92. The normalized spacial score (nSPS) is 15.9. The molecule has 0 spiro atoms. The zero-order valence-corrected chi connectivity index (χ0v) is 23.1. The van der Waals surface area contributed by atoms with Crippen molar-refractivity contribution in [1.82, 2.24) is 0 Å². The van der Waals surface area contributed by atoms with Crippen molar-refractivity contribution < 1.29 is 42.3 Å². The smallest absolute Gasteiger partial charge is 0.239 e. The fraction of sp³-hybridized carbons (Fsp3) is 0.300. The van der Waals surface area contributed by atoms with Crippen molar-refractivity contribution in [3.05, 3.63) is 64.3 Å². The van der Waals surface area contributed by atoms with Crippen molar-refractivity contribution in [3.63, 3.8) is 0 Å². The van der Waals surface area contributed by atoms with E-state index in [0.717, 1.165) is 5.56 Å². The molecule has 0 saturated heterocycles. The molecule has 4 aromatic rings. The van der Waals surface area contributed by atoms with Gasteiger partial charge in [0.1, 0.15) is 22.5 Å². The van der Waals surface area contributed by atoms with Crippen LogP contribution in [-0.4, -0.2) is 55.4 Å². The highest BCUT2D eigenvalue weighted by atomic mass is 16.6. The number of methoxy groups -OCH3 is 6. The van der Waals surface area contributed by atoms with Crippen molar-refractivity contribution >= 4 is 11.0 Å². The van der Waals surface area contributed by atoms with Gasteiger partial charge in [0.25, 0.3) is 0 Å². The van der Waals surface area contributed by atoms with Crippen LogP contribution >= 0.6 is 0 Å². The van der Waals surface area contributed by atoms with Crippen LogP contribution in [-0.2, 0) is 4.74 Å². The maximum Gasteiger partial charge on any atom is 0.239 e. The van der Waals surface area contributed by atoms with E-state index in [1.54, 1.807) is 51.7 Å². The molecule has 0 unspecified atom stereocenters. The van der Waals surface area contributed by atoms with Crippen molar-refractivity contribution in [2.75, 3.05) is 49.3 Å². The largest absolute Gasteiger partial charge is 0.496 e. The van der Waals surface area contributed by atoms with E-state index >= 15 is 0 Å². The SMILES string of the molecule is COC[C@@H]1Oc2ccc(-c3oc4cc(OC)cc(OC)c4c(=O)c3OC)cc2O[C@@H]1c1ccc(OC)c(OC)c1. The minimum Gasteiger partial charge on any atom is -0.496 e. The highest BCUT2D eigenvalue weighted by Gasteiger charge is 2.34. The third-order valence-corrected chi connectivity index (χ3v) is 6.69. The molecule has 0 amide bonds. The molecule has 2 heterocycles. The molecule has 0 radical (unpaired) electrons. The van der Waals surface area contributed by atoms with Crippen LogP contribution in [0.5, 0.6) is 40.2 Å². The molecule has 2 atom stereocenters. The van der Waals surface area contributed by atoms with Gasteiger partial charge >= 0.3 is 0 Å². The fourth-order valence-corrected chi connectivity index (χ4v) is 4.77. The van der Waals surface area contributed by atoms with E-state index in [0.29, 0.717) is 40.1 Å². The summed E-state index contributed by atoms with van der Waals surface area (Å²) in [5.74, 6) is 3.19. The van der Waals surface area contributed by atoms with Crippen LogP contribution in [0, 0.1) is 0 Å². The summed E-state index contributed by atoms with van der Waals surface area (Å²) >= 11 is 0. The molecular formula is C30H30O10. The first-order valence-electron chi connectivity index (χ1n) is 12.4. The van der Waals surface area contributed by atoms with Gasteiger partial charge in [0.05, 0.1) is 42.2 Å². The Morgan fingerprint density at radius 2 is 1.50 bits per heavy atom. The third-order valence-electron chi connectivity index (χ3n) is 6.69. The lowest BCUT2D eigenvalue weighted by Gasteiger charge is -2.34. The molecule has 0 fully saturated rings. The Morgan fingerprint density at radius 3 is 2.17 bits per heavy atom. The van der Waals surface area contributed by atoms with Gasteiger partial charge in [-0.15, -0.1) is 0 Å². The predicted octanol–water partition coefficient (Wildman–Crippen LogP) is 5.03. The van der Waals surface area contributed by atoms with E-state index in [4.69, 9.17) is 42.3 Å². The molecule has 0 aliphatic carbocycles. The van der Waals surface area contributed by atoms with Crippen LogP contribution < -0.4 is 38.6 Å². The van der Waals surface area contributed by atoms with Crippen molar-refractivity contribution in [2.24, 2.45) is 0 Å². The van der Waals surface area contributed by atoms with E-state index in [-0.39, 0.29) is 34.5 Å². The number of hydrogen-bond donors (Lipinski definition) is 0. The topological polar surface area (TPSA) is 104 Å². The summed E-state index contributed by atoms with van der Waals surface area (Å²) < 4.78 is 51.6. The standard InChI is InChI=1S/C30H30O10/c1-32-15-25-28(16-7-9-19(34-3)21(11-16)35-4)39-22-12-17(8-10-20(22)38-25)29-30(37-6)27(31)26-23(36-5)13-18(33-2)14-24(26)40-29/h7-14,25,28H,15H2,1-6H3/t25-,28+/m0/s1. The van der Waals surface area contributed by atoms with Gasteiger partial charge in [-0.2, -0.15) is 0 Å². The number of hydrogen-bond acceptors (Lipinski definition) is 10. The number of benzene rings is 3. The third kappa shape index (κ3) is 4.71. The van der Waals surface area contributed by atoms with E-state index in [1.165, 1.54) is 21.3 Å². The first-order chi connectivity index (χ1) is 19.5. The zero-order valence-electron chi connectivity index (χ0n) is 23.1. The van der Waals surface area contributed by atoms with Crippen LogP contribution in [0.15, 0.2) is 57.7 Å². The second kappa shape index (κ2) is 11.3. The summed E-state index contributed by atoms with van der Waals surface area (Å²) in [6, 6.07) is 14.1. The minimum atomic E-state index is -0.526. The molecule has 1 aliphatic heterocycles. The first-order valence-corrected chi connectivity index (χ1v) is 12.4. The Labute approximate surface area is 230 Å². The number of rotatable bonds is 9. The fourth-order valence-electron chi connectivity index (χ4n) is 4.77. The Hall–Kier alpha value is -4.57. The highest BCUT2D eigenvalue weighted by molar-refractivity contribution is 5.88. The average molecular weight is 551 g/mol. The van der Waals surface area contributed by atoms with Gasteiger partial charge in [0.15, 0.2) is 41.0 Å². The molecule has 1 aromatic heterocycles. The lowest BCUT2D eigenvalue weighted by molar-refractivity contribution is -0.0239. The van der Waals surface area contributed by atoms with E-state index in [2.05, 4.69) is 0 Å². The summed E-state index contributed by atoms with van der Waals surface area (Å²) in [6.07, 6.45) is -0.962. The van der Waals surface area contributed by atoms with Gasteiger partial charge in [0, 0.05) is 30.4 Å². The van der Waals surface area contributed by atoms with E-state index in [1.807, 2.05) is 18.2 Å². The highest BCUT2D eigenvalue weighted by Crippen LogP contribution is 2.45. The summed E-state index contributed by atoms with van der Waals surface area (Å²) in [7, 11) is 9.17. The summed E-state index contributed by atoms with van der Waals surface area (Å²) in [6.45, 7) is 0.289. The molecule has 40 heavy (non-hydrogen) atoms. The quantitative estimate of drug-likeness (QED) is 0.282. The van der Waals surface area contributed by atoms with Gasteiger partial charge < -0.3 is 42.3 Å². The Kier molecular flexibility index (Phi) is 7.61. The number of ether oxygens (including phenoxy) is 8. The van der Waals surface area contributed by atoms with E-state index in [9.17, 15) is 4.79 Å².